The zero-order valence-electron chi connectivity index (χ0n) is 18.9. The van der Waals surface area contributed by atoms with E-state index in [9.17, 15) is 9.59 Å². The van der Waals surface area contributed by atoms with Gasteiger partial charge < -0.3 is 9.47 Å². The molecule has 0 atom stereocenters. The van der Waals surface area contributed by atoms with Crippen LogP contribution in [0.1, 0.15) is 19.4 Å². The van der Waals surface area contributed by atoms with Crippen molar-refractivity contribution in [2.45, 2.75) is 20.0 Å². The Kier molecular flexibility index (Phi) is 8.16. The molecule has 1 aromatic heterocycles. The number of carbonyl (C=O) groups excluding carboxylic acids is 1. The Labute approximate surface area is 229 Å². The Hall–Kier alpha value is -2.80. The third kappa shape index (κ3) is 6.07. The van der Waals surface area contributed by atoms with Gasteiger partial charge in [0, 0.05) is 5.56 Å². The number of benzene rings is 3. The Morgan fingerprint density at radius 2 is 1.71 bits per heavy atom. The first-order valence-electron chi connectivity index (χ1n) is 10.8. The van der Waals surface area contributed by atoms with Crippen molar-refractivity contribution in [3.05, 3.63) is 89.8 Å². The fourth-order valence-corrected chi connectivity index (χ4v) is 5.48. The number of carbonyl (C=O) groups is 1. The van der Waals surface area contributed by atoms with Crippen LogP contribution < -0.4 is 10.3 Å². The summed E-state index contributed by atoms with van der Waals surface area (Å²) in [5.41, 5.74) is 1.92. The Morgan fingerprint density at radius 1 is 1.06 bits per heavy atom. The standard InChI is InChI=1S/C26H21I2N3O4/c1-16(2)35-23(32)15-34-24-20(27)12-17(13-21(24)28)14-29-31-25(18-8-4-3-5-9-18)30-22-11-7-6-10-19(22)26(31)33/h3-14,16H,15H2,1-2H3. The van der Waals surface area contributed by atoms with Crippen molar-refractivity contribution >= 4 is 68.3 Å². The zero-order chi connectivity index (χ0) is 24.9. The third-order valence-electron chi connectivity index (χ3n) is 4.83. The maximum Gasteiger partial charge on any atom is 0.344 e. The molecule has 0 bridgehead atoms. The van der Waals surface area contributed by atoms with Gasteiger partial charge in [0.15, 0.2) is 12.4 Å². The van der Waals surface area contributed by atoms with E-state index in [1.165, 1.54) is 4.68 Å². The lowest BCUT2D eigenvalue weighted by Gasteiger charge is -2.12. The monoisotopic (exact) mass is 693 g/mol. The van der Waals surface area contributed by atoms with Crippen LogP contribution in [0.2, 0.25) is 0 Å². The summed E-state index contributed by atoms with van der Waals surface area (Å²) in [6, 6.07) is 20.5. The predicted octanol–water partition coefficient (Wildman–Crippen LogP) is 5.49. The molecule has 35 heavy (non-hydrogen) atoms. The number of para-hydroxylation sites is 1. The van der Waals surface area contributed by atoms with Crippen LogP contribution in [0.25, 0.3) is 22.3 Å². The average molecular weight is 693 g/mol. The zero-order valence-corrected chi connectivity index (χ0v) is 23.3. The fraction of sp³-hybridized carbons (Fsp3) is 0.154. The molecule has 0 spiro atoms. The normalized spacial score (nSPS) is 11.3. The molecule has 0 unspecified atom stereocenters. The summed E-state index contributed by atoms with van der Waals surface area (Å²) in [4.78, 5) is 29.8. The molecule has 0 saturated carbocycles. The molecule has 0 N–H and O–H groups in total. The number of hydrogen-bond acceptors (Lipinski definition) is 6. The summed E-state index contributed by atoms with van der Waals surface area (Å²) in [7, 11) is 0. The van der Waals surface area contributed by atoms with Crippen LogP contribution in [-0.4, -0.2) is 34.6 Å². The minimum atomic E-state index is -0.422. The first kappa shape index (κ1) is 25.3. The van der Waals surface area contributed by atoms with Crippen LogP contribution in [0, 0.1) is 7.14 Å². The molecule has 0 radical (unpaired) electrons. The highest BCUT2D eigenvalue weighted by Gasteiger charge is 2.14. The number of esters is 1. The average Bonchev–Trinajstić information content (AvgIpc) is 2.83. The molecule has 9 heteroatoms. The molecule has 0 aliphatic heterocycles. The SMILES string of the molecule is CC(C)OC(=O)COc1c(I)cc(C=Nn2c(-c3ccccc3)nc3ccccc3c2=O)cc1I. The van der Waals surface area contributed by atoms with E-state index < -0.39 is 5.97 Å². The molecule has 0 aliphatic carbocycles. The van der Waals surface area contributed by atoms with Crippen LogP contribution in [-0.2, 0) is 9.53 Å². The molecule has 4 rings (SSSR count). The molecular formula is C26H21I2N3O4. The van der Waals surface area contributed by atoms with E-state index in [0.29, 0.717) is 22.5 Å². The molecule has 178 valence electrons. The maximum absolute atomic E-state index is 13.3. The second-order valence-electron chi connectivity index (χ2n) is 7.82. The number of aromatic nitrogens is 2. The number of ether oxygens (including phenoxy) is 2. The Bertz CT molecular complexity index is 1440. The van der Waals surface area contributed by atoms with E-state index in [-0.39, 0.29) is 18.3 Å². The third-order valence-corrected chi connectivity index (χ3v) is 6.43. The molecule has 0 aliphatic rings. The first-order chi connectivity index (χ1) is 16.8. The van der Waals surface area contributed by atoms with Crippen LogP contribution in [0.3, 0.4) is 0 Å². The minimum Gasteiger partial charge on any atom is -0.480 e. The predicted molar refractivity (Wildman–Crippen MR) is 153 cm³/mol. The van der Waals surface area contributed by atoms with E-state index in [1.807, 2.05) is 60.7 Å². The van der Waals surface area contributed by atoms with Gasteiger partial charge in [-0.1, -0.05) is 42.5 Å². The van der Waals surface area contributed by atoms with E-state index in [4.69, 9.17) is 14.5 Å². The smallest absolute Gasteiger partial charge is 0.344 e. The van der Waals surface area contributed by atoms with E-state index in [1.54, 1.807) is 26.1 Å². The Morgan fingerprint density at radius 3 is 2.40 bits per heavy atom. The molecule has 4 aromatic rings. The van der Waals surface area contributed by atoms with E-state index in [2.05, 4.69) is 50.3 Å². The molecular weight excluding hydrogens is 672 g/mol. The number of rotatable bonds is 7. The summed E-state index contributed by atoms with van der Waals surface area (Å²) in [6.07, 6.45) is 1.42. The van der Waals surface area contributed by atoms with Gasteiger partial charge in [0.1, 0.15) is 5.75 Å². The number of hydrogen-bond donors (Lipinski definition) is 0. The van der Waals surface area contributed by atoms with Gasteiger partial charge in [0.2, 0.25) is 0 Å². The van der Waals surface area contributed by atoms with Crippen LogP contribution >= 0.6 is 45.2 Å². The van der Waals surface area contributed by atoms with Gasteiger partial charge in [-0.05, 0) is 88.9 Å². The summed E-state index contributed by atoms with van der Waals surface area (Å²) in [6.45, 7) is 3.41. The lowest BCUT2D eigenvalue weighted by Crippen LogP contribution is -2.20. The number of halogens is 2. The second-order valence-corrected chi connectivity index (χ2v) is 10.1. The quantitative estimate of drug-likeness (QED) is 0.146. The van der Waals surface area contributed by atoms with Gasteiger partial charge in [-0.2, -0.15) is 9.78 Å². The highest BCUT2D eigenvalue weighted by Crippen LogP contribution is 2.29. The van der Waals surface area contributed by atoms with Crippen molar-refractivity contribution in [1.82, 2.24) is 9.66 Å². The van der Waals surface area contributed by atoms with Crippen molar-refractivity contribution in [1.29, 1.82) is 0 Å². The van der Waals surface area contributed by atoms with Crippen LogP contribution in [0.4, 0.5) is 0 Å². The van der Waals surface area contributed by atoms with Gasteiger partial charge >= 0.3 is 5.97 Å². The van der Waals surface area contributed by atoms with Crippen LogP contribution in [0.15, 0.2) is 76.6 Å². The van der Waals surface area contributed by atoms with Crippen molar-refractivity contribution in [2.75, 3.05) is 6.61 Å². The van der Waals surface area contributed by atoms with Crippen molar-refractivity contribution in [3.8, 4) is 17.1 Å². The molecule has 1 heterocycles. The van der Waals surface area contributed by atoms with Gasteiger partial charge in [-0.15, -0.1) is 0 Å². The van der Waals surface area contributed by atoms with Gasteiger partial charge in [0.25, 0.3) is 5.56 Å². The van der Waals surface area contributed by atoms with E-state index in [0.717, 1.165) is 18.3 Å². The van der Waals surface area contributed by atoms with Crippen molar-refractivity contribution < 1.29 is 14.3 Å². The molecule has 7 nitrogen and oxygen atoms in total. The maximum atomic E-state index is 13.3. The van der Waals surface area contributed by atoms with Crippen molar-refractivity contribution in [3.63, 3.8) is 0 Å². The molecule has 3 aromatic carbocycles. The lowest BCUT2D eigenvalue weighted by molar-refractivity contribution is -0.149. The van der Waals surface area contributed by atoms with Crippen LogP contribution in [0.5, 0.6) is 5.75 Å². The van der Waals surface area contributed by atoms with Gasteiger partial charge in [-0.25, -0.2) is 9.78 Å². The van der Waals surface area contributed by atoms with Gasteiger partial charge in [-0.3, -0.25) is 4.79 Å². The highest BCUT2D eigenvalue weighted by molar-refractivity contribution is 14.1. The minimum absolute atomic E-state index is 0.170. The summed E-state index contributed by atoms with van der Waals surface area (Å²) >= 11 is 4.30. The molecule has 0 saturated heterocycles. The topological polar surface area (TPSA) is 82.8 Å². The molecule has 0 fully saturated rings. The number of nitrogens with zero attached hydrogens (tertiary/aromatic N) is 3. The lowest BCUT2D eigenvalue weighted by atomic mass is 10.2. The number of fused-ring (bicyclic) bond motifs is 1. The molecule has 0 amide bonds. The summed E-state index contributed by atoms with van der Waals surface area (Å²) in [5, 5.41) is 5.01. The highest BCUT2D eigenvalue weighted by atomic mass is 127. The van der Waals surface area contributed by atoms with Gasteiger partial charge in [0.05, 0.1) is 30.4 Å². The van der Waals surface area contributed by atoms with Crippen molar-refractivity contribution in [2.24, 2.45) is 5.10 Å². The summed E-state index contributed by atoms with van der Waals surface area (Å²) in [5.74, 6) is 0.631. The Balaban J connectivity index is 1.69. The summed E-state index contributed by atoms with van der Waals surface area (Å²) < 4.78 is 13.8. The largest absolute Gasteiger partial charge is 0.480 e. The van der Waals surface area contributed by atoms with E-state index >= 15 is 0 Å². The first-order valence-corrected chi connectivity index (χ1v) is 12.9. The fourth-order valence-electron chi connectivity index (χ4n) is 3.35. The second kappa shape index (κ2) is 11.3.